The third-order valence-corrected chi connectivity index (χ3v) is 4.32. The van der Waals surface area contributed by atoms with Gasteiger partial charge >= 0.3 is 0 Å². The van der Waals surface area contributed by atoms with Gasteiger partial charge in [0.2, 0.25) is 0 Å². The van der Waals surface area contributed by atoms with Gasteiger partial charge in [0.25, 0.3) is 0 Å². The van der Waals surface area contributed by atoms with Crippen LogP contribution >= 0.6 is 15.9 Å². The van der Waals surface area contributed by atoms with Crippen molar-refractivity contribution >= 4 is 21.6 Å². The molecule has 1 saturated carbocycles. The summed E-state index contributed by atoms with van der Waals surface area (Å²) in [5, 5.41) is 3.39. The van der Waals surface area contributed by atoms with Crippen LogP contribution in [0.2, 0.25) is 0 Å². The second kappa shape index (κ2) is 8.16. The number of ether oxygens (including phenoxy) is 1. The molecule has 2 rings (SSSR count). The van der Waals surface area contributed by atoms with Crippen LogP contribution in [0, 0.1) is 5.92 Å². The predicted molar refractivity (Wildman–Crippen MR) is 92.9 cm³/mol. The topological polar surface area (TPSA) is 24.5 Å². The van der Waals surface area contributed by atoms with Gasteiger partial charge in [-0.2, -0.15) is 0 Å². The van der Waals surface area contributed by atoms with Crippen LogP contribution in [-0.2, 0) is 11.3 Å². The third kappa shape index (κ3) is 5.28. The highest BCUT2D eigenvalue weighted by Crippen LogP contribution is 2.36. The van der Waals surface area contributed by atoms with E-state index in [2.05, 4.69) is 58.2 Å². The number of nitrogens with zero attached hydrogens (tertiary/aromatic N) is 1. The second-order valence-corrected chi connectivity index (χ2v) is 7.09. The van der Waals surface area contributed by atoms with Crippen LogP contribution in [0.25, 0.3) is 0 Å². The lowest BCUT2D eigenvalue weighted by molar-refractivity contribution is 0.199. The molecule has 0 bridgehead atoms. The van der Waals surface area contributed by atoms with Gasteiger partial charge in [-0.15, -0.1) is 0 Å². The summed E-state index contributed by atoms with van der Waals surface area (Å²) in [6.45, 7) is 8.24. The molecule has 1 fully saturated rings. The molecular weight excluding hydrogens is 328 g/mol. The van der Waals surface area contributed by atoms with Gasteiger partial charge in [-0.05, 0) is 52.4 Å². The molecule has 21 heavy (non-hydrogen) atoms. The van der Waals surface area contributed by atoms with Gasteiger partial charge in [0.1, 0.15) is 0 Å². The van der Waals surface area contributed by atoms with E-state index in [0.717, 1.165) is 32.3 Å². The summed E-state index contributed by atoms with van der Waals surface area (Å²) in [6.07, 6.45) is 2.67. The van der Waals surface area contributed by atoms with Gasteiger partial charge in [-0.3, -0.25) is 0 Å². The molecular formula is C17H27BrN2O. The summed E-state index contributed by atoms with van der Waals surface area (Å²) in [4.78, 5) is 2.57. The van der Waals surface area contributed by atoms with E-state index in [-0.39, 0.29) is 0 Å². The Bertz CT molecular complexity index is 446. The van der Waals surface area contributed by atoms with Crippen molar-refractivity contribution in [2.24, 2.45) is 5.92 Å². The predicted octanol–water partition coefficient (Wildman–Crippen LogP) is 3.81. The maximum atomic E-state index is 5.05. The van der Waals surface area contributed by atoms with Crippen molar-refractivity contribution in [3.63, 3.8) is 0 Å². The Labute approximate surface area is 137 Å². The molecule has 0 amide bonds. The molecule has 1 aliphatic carbocycles. The summed E-state index contributed by atoms with van der Waals surface area (Å²) in [5.41, 5.74) is 2.65. The molecule has 1 N–H and O–H groups in total. The summed E-state index contributed by atoms with van der Waals surface area (Å²) >= 11 is 3.76. The molecule has 4 heteroatoms. The minimum atomic E-state index is 0.688. The van der Waals surface area contributed by atoms with Crippen LogP contribution in [-0.4, -0.2) is 32.8 Å². The van der Waals surface area contributed by atoms with Crippen LogP contribution in [0.3, 0.4) is 0 Å². The van der Waals surface area contributed by atoms with E-state index < -0.39 is 0 Å². The first-order valence-electron chi connectivity index (χ1n) is 7.86. The average molecular weight is 355 g/mol. The molecule has 1 aromatic carbocycles. The third-order valence-electron chi connectivity index (χ3n) is 3.68. The highest BCUT2D eigenvalue weighted by Gasteiger charge is 2.30. The maximum absolute atomic E-state index is 5.05. The fraction of sp³-hybridized carbons (Fsp3) is 0.647. The zero-order chi connectivity index (χ0) is 15.2. The summed E-state index contributed by atoms with van der Waals surface area (Å²) in [7, 11) is 1.73. The zero-order valence-corrected chi connectivity index (χ0v) is 14.9. The Balaban J connectivity index is 2.00. The Morgan fingerprint density at radius 1 is 1.38 bits per heavy atom. The smallest absolute Gasteiger partial charge is 0.0587 e. The Morgan fingerprint density at radius 3 is 2.71 bits per heavy atom. The van der Waals surface area contributed by atoms with Crippen LogP contribution in [0.15, 0.2) is 22.7 Å². The van der Waals surface area contributed by atoms with Crippen LogP contribution in [0.4, 0.5) is 5.69 Å². The molecule has 118 valence electrons. The van der Waals surface area contributed by atoms with E-state index in [9.17, 15) is 0 Å². The van der Waals surface area contributed by atoms with Gasteiger partial charge in [-0.1, -0.05) is 19.9 Å². The fourth-order valence-electron chi connectivity index (χ4n) is 2.52. The van der Waals surface area contributed by atoms with Crippen molar-refractivity contribution in [1.29, 1.82) is 0 Å². The molecule has 0 aromatic heterocycles. The van der Waals surface area contributed by atoms with Gasteiger partial charge in [0.05, 0.1) is 12.3 Å². The molecule has 0 aliphatic heterocycles. The standard InChI is InChI=1S/C17H27BrN2O/c1-13(2)12-20(15-5-6-15)17-7-4-14(10-16(17)18)11-19-8-9-21-3/h4,7,10,13,15,19H,5-6,8-9,11-12H2,1-3H3. The van der Waals surface area contributed by atoms with Crippen molar-refractivity contribution in [3.8, 4) is 0 Å². The number of nitrogens with one attached hydrogen (secondary N) is 1. The number of rotatable bonds is 9. The Hall–Kier alpha value is -0.580. The minimum absolute atomic E-state index is 0.688. The first kappa shape index (κ1) is 16.8. The van der Waals surface area contributed by atoms with Crippen molar-refractivity contribution in [1.82, 2.24) is 5.32 Å². The lowest BCUT2D eigenvalue weighted by Crippen LogP contribution is -2.30. The van der Waals surface area contributed by atoms with E-state index in [4.69, 9.17) is 4.74 Å². The Kier molecular flexibility index (Phi) is 6.52. The first-order valence-corrected chi connectivity index (χ1v) is 8.66. The van der Waals surface area contributed by atoms with Crippen molar-refractivity contribution < 1.29 is 4.74 Å². The number of methoxy groups -OCH3 is 1. The molecule has 0 atom stereocenters. The summed E-state index contributed by atoms with van der Waals surface area (Å²) < 4.78 is 6.26. The van der Waals surface area contributed by atoms with Crippen LogP contribution in [0.1, 0.15) is 32.3 Å². The van der Waals surface area contributed by atoms with Crippen LogP contribution < -0.4 is 10.2 Å². The number of hydrogen-bond donors (Lipinski definition) is 1. The molecule has 0 saturated heterocycles. The highest BCUT2D eigenvalue weighted by molar-refractivity contribution is 9.10. The largest absolute Gasteiger partial charge is 0.383 e. The van der Waals surface area contributed by atoms with E-state index in [1.807, 2.05) is 0 Å². The van der Waals surface area contributed by atoms with Crippen molar-refractivity contribution in [2.45, 2.75) is 39.3 Å². The number of benzene rings is 1. The Morgan fingerprint density at radius 2 is 2.14 bits per heavy atom. The molecule has 1 aromatic rings. The zero-order valence-electron chi connectivity index (χ0n) is 13.4. The molecule has 3 nitrogen and oxygen atoms in total. The number of hydrogen-bond acceptors (Lipinski definition) is 3. The monoisotopic (exact) mass is 354 g/mol. The number of anilines is 1. The lowest BCUT2D eigenvalue weighted by Gasteiger charge is -2.28. The molecule has 1 aliphatic rings. The molecule has 0 heterocycles. The average Bonchev–Trinajstić information content (AvgIpc) is 3.26. The maximum Gasteiger partial charge on any atom is 0.0587 e. The fourth-order valence-corrected chi connectivity index (χ4v) is 3.18. The van der Waals surface area contributed by atoms with E-state index >= 15 is 0 Å². The first-order chi connectivity index (χ1) is 10.1. The van der Waals surface area contributed by atoms with Gasteiger partial charge in [-0.25, -0.2) is 0 Å². The van der Waals surface area contributed by atoms with Crippen LogP contribution in [0.5, 0.6) is 0 Å². The normalized spacial score (nSPS) is 14.7. The van der Waals surface area contributed by atoms with Gasteiger partial charge in [0, 0.05) is 37.3 Å². The lowest BCUT2D eigenvalue weighted by atomic mass is 10.1. The van der Waals surface area contributed by atoms with Gasteiger partial charge < -0.3 is 15.0 Å². The highest BCUT2D eigenvalue weighted by atomic mass is 79.9. The van der Waals surface area contributed by atoms with Gasteiger partial charge in [0.15, 0.2) is 0 Å². The number of halogens is 1. The van der Waals surface area contributed by atoms with Crippen molar-refractivity contribution in [2.75, 3.05) is 31.7 Å². The van der Waals surface area contributed by atoms with E-state index in [1.54, 1.807) is 7.11 Å². The summed E-state index contributed by atoms with van der Waals surface area (Å²) in [5.74, 6) is 0.688. The van der Waals surface area contributed by atoms with E-state index in [1.165, 1.54) is 28.6 Å². The quantitative estimate of drug-likeness (QED) is 0.682. The minimum Gasteiger partial charge on any atom is -0.383 e. The molecule has 0 unspecified atom stereocenters. The second-order valence-electron chi connectivity index (χ2n) is 6.23. The summed E-state index contributed by atoms with van der Waals surface area (Å²) in [6, 6.07) is 7.48. The molecule has 0 radical (unpaired) electrons. The van der Waals surface area contributed by atoms with E-state index in [0.29, 0.717) is 5.92 Å². The van der Waals surface area contributed by atoms with Crippen molar-refractivity contribution in [3.05, 3.63) is 28.2 Å². The molecule has 0 spiro atoms. The SMILES string of the molecule is COCCNCc1ccc(N(CC(C)C)C2CC2)c(Br)c1.